The van der Waals surface area contributed by atoms with Gasteiger partial charge < -0.3 is 10.8 Å². The van der Waals surface area contributed by atoms with Crippen molar-refractivity contribution >= 4 is 27.5 Å². The molecule has 5 nitrogen and oxygen atoms in total. The maximum Gasteiger partial charge on any atom is 0.246 e. The van der Waals surface area contributed by atoms with Crippen LogP contribution in [0.4, 0.5) is 14.5 Å². The molecule has 114 valence electrons. The van der Waals surface area contributed by atoms with Crippen molar-refractivity contribution in [1.82, 2.24) is 4.72 Å². The van der Waals surface area contributed by atoms with Gasteiger partial charge in [-0.1, -0.05) is 0 Å². The fourth-order valence-electron chi connectivity index (χ4n) is 1.65. The first-order valence-corrected chi connectivity index (χ1v) is 8.40. The summed E-state index contributed by atoms with van der Waals surface area (Å²) < 4.78 is 53.4. The van der Waals surface area contributed by atoms with Crippen LogP contribution >= 0.6 is 11.8 Å². The van der Waals surface area contributed by atoms with Crippen molar-refractivity contribution in [2.75, 3.05) is 18.6 Å². The van der Waals surface area contributed by atoms with Gasteiger partial charge in [-0.3, -0.25) is 0 Å². The largest absolute Gasteiger partial charge is 0.399 e. The van der Waals surface area contributed by atoms with Gasteiger partial charge in [-0.2, -0.15) is 11.8 Å². The maximum absolute atomic E-state index is 13.6. The lowest BCUT2D eigenvalue weighted by Gasteiger charge is -2.21. The maximum atomic E-state index is 13.6. The van der Waals surface area contributed by atoms with Gasteiger partial charge in [0.05, 0.1) is 6.61 Å². The molecule has 0 radical (unpaired) electrons. The first-order valence-electron chi connectivity index (χ1n) is 5.63. The molecule has 0 spiro atoms. The fraction of sp³-hybridized carbons (Fsp3) is 0.455. The molecule has 0 saturated heterocycles. The number of hydrogen-bond donors (Lipinski definition) is 3. The summed E-state index contributed by atoms with van der Waals surface area (Å²) in [5.74, 6) is -2.52. The molecule has 0 aliphatic rings. The second kappa shape index (κ2) is 6.70. The topological polar surface area (TPSA) is 92.4 Å². The Kier molecular flexibility index (Phi) is 5.75. The van der Waals surface area contributed by atoms with Crippen molar-refractivity contribution < 1.29 is 22.3 Å². The van der Waals surface area contributed by atoms with Gasteiger partial charge >= 0.3 is 0 Å². The van der Waals surface area contributed by atoms with Crippen LogP contribution in [0.15, 0.2) is 17.0 Å². The van der Waals surface area contributed by atoms with Gasteiger partial charge in [0.25, 0.3) is 0 Å². The highest BCUT2D eigenvalue weighted by molar-refractivity contribution is 7.99. The van der Waals surface area contributed by atoms with Crippen molar-refractivity contribution in [3.8, 4) is 0 Å². The molecule has 0 amide bonds. The zero-order valence-electron chi connectivity index (χ0n) is 10.9. The van der Waals surface area contributed by atoms with E-state index in [4.69, 9.17) is 10.8 Å². The Labute approximate surface area is 120 Å². The number of nitrogens with two attached hydrogens (primary N) is 1. The van der Waals surface area contributed by atoms with Crippen LogP contribution in [0.25, 0.3) is 0 Å². The SMILES string of the molecule is CSC(CO)C(C)NS(=O)(=O)c1c(F)cc(N)cc1F. The van der Waals surface area contributed by atoms with Crippen LogP contribution in [0.3, 0.4) is 0 Å². The van der Waals surface area contributed by atoms with E-state index < -0.39 is 37.8 Å². The van der Waals surface area contributed by atoms with Gasteiger partial charge in [-0.25, -0.2) is 21.9 Å². The third kappa shape index (κ3) is 3.81. The summed E-state index contributed by atoms with van der Waals surface area (Å²) in [6.07, 6.45) is 1.69. The van der Waals surface area contributed by atoms with E-state index in [1.165, 1.54) is 18.7 Å². The molecule has 0 fully saturated rings. The van der Waals surface area contributed by atoms with Gasteiger partial charge in [-0.15, -0.1) is 0 Å². The lowest BCUT2D eigenvalue weighted by Crippen LogP contribution is -2.41. The third-order valence-electron chi connectivity index (χ3n) is 2.67. The minimum Gasteiger partial charge on any atom is -0.399 e. The van der Waals surface area contributed by atoms with E-state index in [0.717, 1.165) is 12.1 Å². The molecule has 2 unspecified atom stereocenters. The van der Waals surface area contributed by atoms with E-state index in [9.17, 15) is 17.2 Å². The monoisotopic (exact) mass is 326 g/mol. The van der Waals surface area contributed by atoms with Crippen molar-refractivity contribution in [1.29, 1.82) is 0 Å². The zero-order chi connectivity index (χ0) is 15.5. The Morgan fingerprint density at radius 3 is 2.30 bits per heavy atom. The highest BCUT2D eigenvalue weighted by Gasteiger charge is 2.28. The molecule has 0 saturated carbocycles. The summed E-state index contributed by atoms with van der Waals surface area (Å²) in [4.78, 5) is -1.07. The van der Waals surface area contributed by atoms with Crippen LogP contribution in [-0.2, 0) is 10.0 Å². The van der Waals surface area contributed by atoms with Crippen LogP contribution in [0.1, 0.15) is 6.92 Å². The summed E-state index contributed by atoms with van der Waals surface area (Å²) in [6, 6.07) is 0.775. The first kappa shape index (κ1) is 17.2. The summed E-state index contributed by atoms with van der Waals surface area (Å²) in [6.45, 7) is 1.24. The number of aliphatic hydroxyl groups excluding tert-OH is 1. The Bertz CT molecular complexity index is 554. The van der Waals surface area contributed by atoms with Crippen LogP contribution in [0, 0.1) is 11.6 Å². The minimum absolute atomic E-state index is 0.204. The highest BCUT2D eigenvalue weighted by Crippen LogP contribution is 2.22. The van der Waals surface area contributed by atoms with E-state index in [1.807, 2.05) is 0 Å². The zero-order valence-corrected chi connectivity index (χ0v) is 12.6. The predicted molar refractivity (Wildman–Crippen MR) is 74.9 cm³/mol. The van der Waals surface area contributed by atoms with Crippen molar-refractivity contribution in [3.05, 3.63) is 23.8 Å². The smallest absolute Gasteiger partial charge is 0.246 e. The van der Waals surface area contributed by atoms with E-state index in [-0.39, 0.29) is 12.3 Å². The first-order chi connectivity index (χ1) is 9.22. The summed E-state index contributed by atoms with van der Waals surface area (Å²) in [7, 11) is -4.38. The number of rotatable bonds is 6. The molecule has 0 aromatic heterocycles. The Morgan fingerprint density at radius 2 is 1.90 bits per heavy atom. The van der Waals surface area contributed by atoms with E-state index in [1.54, 1.807) is 6.26 Å². The number of aliphatic hydroxyl groups is 1. The van der Waals surface area contributed by atoms with Crippen LogP contribution in [0.5, 0.6) is 0 Å². The molecule has 1 rings (SSSR count). The number of thioether (sulfide) groups is 1. The molecule has 0 heterocycles. The number of halogens is 2. The normalized spacial score (nSPS) is 15.1. The van der Waals surface area contributed by atoms with Crippen molar-refractivity contribution in [2.24, 2.45) is 0 Å². The van der Waals surface area contributed by atoms with Gasteiger partial charge in [0.15, 0.2) is 4.90 Å². The van der Waals surface area contributed by atoms with Crippen molar-refractivity contribution in [3.63, 3.8) is 0 Å². The molecule has 0 aliphatic carbocycles. The second-order valence-corrected chi connectivity index (χ2v) is 6.91. The van der Waals surface area contributed by atoms with Gasteiger partial charge in [0.2, 0.25) is 10.0 Å². The standard InChI is InChI=1S/C11H16F2N2O3S2/c1-6(10(5-16)19-2)15-20(17,18)11-8(12)3-7(14)4-9(11)13/h3-4,6,10,15-16H,5,14H2,1-2H3. The van der Waals surface area contributed by atoms with Crippen molar-refractivity contribution in [2.45, 2.75) is 23.1 Å². The molecule has 0 bridgehead atoms. The second-order valence-electron chi connectivity index (χ2n) is 4.18. The number of nitrogen functional groups attached to an aromatic ring is 1. The number of nitrogens with one attached hydrogen (secondary N) is 1. The van der Waals surface area contributed by atoms with Gasteiger partial charge in [0.1, 0.15) is 11.6 Å². The number of sulfonamides is 1. The average molecular weight is 326 g/mol. The molecule has 9 heteroatoms. The average Bonchev–Trinajstić information content (AvgIpc) is 2.27. The highest BCUT2D eigenvalue weighted by atomic mass is 32.2. The summed E-state index contributed by atoms with van der Waals surface area (Å²) in [5.41, 5.74) is 5.03. The third-order valence-corrected chi connectivity index (χ3v) is 5.44. The van der Waals surface area contributed by atoms with E-state index in [2.05, 4.69) is 4.72 Å². The number of benzene rings is 1. The summed E-state index contributed by atoms with van der Waals surface area (Å²) >= 11 is 1.24. The van der Waals surface area contributed by atoms with Crippen LogP contribution in [0.2, 0.25) is 0 Å². The lowest BCUT2D eigenvalue weighted by molar-refractivity contribution is 0.282. The Hall–Kier alpha value is -0.900. The number of hydrogen-bond acceptors (Lipinski definition) is 5. The molecule has 2 atom stereocenters. The van der Waals surface area contributed by atoms with Gasteiger partial charge in [-0.05, 0) is 25.3 Å². The molecule has 0 aliphatic heterocycles. The molecular weight excluding hydrogens is 310 g/mol. The van der Waals surface area contributed by atoms with E-state index >= 15 is 0 Å². The predicted octanol–water partition coefficient (Wildman–Crippen LogP) is 0.938. The van der Waals surface area contributed by atoms with Crippen LogP contribution < -0.4 is 10.5 Å². The van der Waals surface area contributed by atoms with Gasteiger partial charge in [0, 0.05) is 17.0 Å². The fourth-order valence-corrected chi connectivity index (χ4v) is 3.77. The quantitative estimate of drug-likeness (QED) is 0.677. The lowest BCUT2D eigenvalue weighted by atomic mass is 10.3. The van der Waals surface area contributed by atoms with E-state index in [0.29, 0.717) is 0 Å². The Balaban J connectivity index is 3.12. The minimum atomic E-state index is -4.38. The molecule has 4 N–H and O–H groups in total. The number of anilines is 1. The summed E-state index contributed by atoms with van der Waals surface area (Å²) in [5, 5.41) is 8.66. The molecular formula is C11H16F2N2O3S2. The molecule has 1 aromatic rings. The Morgan fingerprint density at radius 1 is 1.40 bits per heavy atom. The molecule has 20 heavy (non-hydrogen) atoms. The van der Waals surface area contributed by atoms with Crippen LogP contribution in [-0.4, -0.2) is 37.7 Å². The molecule has 1 aromatic carbocycles.